The Labute approximate surface area is 135 Å². The van der Waals surface area contributed by atoms with Crippen LogP contribution in [0, 0.1) is 0 Å². The van der Waals surface area contributed by atoms with Crippen LogP contribution in [0.2, 0.25) is 0 Å². The number of carbonyl (C=O) groups excluding carboxylic acids is 1. The molecule has 0 aliphatic carbocycles. The summed E-state index contributed by atoms with van der Waals surface area (Å²) < 4.78 is 5.06. The molecule has 0 heterocycles. The van der Waals surface area contributed by atoms with Crippen LogP contribution in [0.1, 0.15) is 32.3 Å². The number of methoxy groups -OCH3 is 1. The zero-order valence-corrected chi connectivity index (χ0v) is 14.4. The van der Waals surface area contributed by atoms with Gasteiger partial charge in [0.25, 0.3) is 0 Å². The predicted octanol–water partition coefficient (Wildman–Crippen LogP) is 2.78. The SMILES string of the molecule is CCC(C)N(Cc1ccccc1)C(=O)CN(C)CCCOC. The molecule has 0 fully saturated rings. The van der Waals surface area contributed by atoms with Crippen LogP contribution in [-0.2, 0) is 16.1 Å². The highest BCUT2D eigenvalue weighted by atomic mass is 16.5. The van der Waals surface area contributed by atoms with Crippen LogP contribution in [0.15, 0.2) is 30.3 Å². The maximum atomic E-state index is 12.6. The quantitative estimate of drug-likeness (QED) is 0.623. The van der Waals surface area contributed by atoms with Crippen LogP contribution >= 0.6 is 0 Å². The zero-order valence-electron chi connectivity index (χ0n) is 14.4. The number of benzene rings is 1. The molecule has 0 N–H and O–H groups in total. The van der Waals surface area contributed by atoms with Crippen molar-refractivity contribution in [2.24, 2.45) is 0 Å². The number of carbonyl (C=O) groups is 1. The van der Waals surface area contributed by atoms with Crippen molar-refractivity contribution < 1.29 is 9.53 Å². The van der Waals surface area contributed by atoms with Crippen molar-refractivity contribution in [1.29, 1.82) is 0 Å². The first-order chi connectivity index (χ1) is 10.6. The van der Waals surface area contributed by atoms with E-state index in [0.717, 1.165) is 26.0 Å². The number of rotatable bonds is 10. The second kappa shape index (κ2) is 10.4. The molecule has 0 saturated heterocycles. The normalized spacial score (nSPS) is 12.4. The Morgan fingerprint density at radius 3 is 2.55 bits per heavy atom. The molecule has 0 aliphatic heterocycles. The van der Waals surface area contributed by atoms with Gasteiger partial charge in [0.15, 0.2) is 0 Å². The van der Waals surface area contributed by atoms with Gasteiger partial charge in [0.1, 0.15) is 0 Å². The maximum absolute atomic E-state index is 12.6. The van der Waals surface area contributed by atoms with Gasteiger partial charge in [-0.05, 0) is 32.4 Å². The molecule has 1 amide bonds. The van der Waals surface area contributed by atoms with Crippen LogP contribution < -0.4 is 0 Å². The van der Waals surface area contributed by atoms with Gasteiger partial charge < -0.3 is 9.64 Å². The largest absolute Gasteiger partial charge is 0.385 e. The zero-order chi connectivity index (χ0) is 16.4. The lowest BCUT2D eigenvalue weighted by molar-refractivity contribution is -0.135. The summed E-state index contributed by atoms with van der Waals surface area (Å²) in [5.41, 5.74) is 1.18. The molecule has 0 bridgehead atoms. The number of ether oxygens (including phenoxy) is 1. The third kappa shape index (κ3) is 6.58. The van der Waals surface area contributed by atoms with Gasteiger partial charge in [-0.2, -0.15) is 0 Å². The van der Waals surface area contributed by atoms with Gasteiger partial charge in [0.05, 0.1) is 6.54 Å². The van der Waals surface area contributed by atoms with E-state index in [-0.39, 0.29) is 11.9 Å². The standard InChI is InChI=1S/C18H30N2O2/c1-5-16(2)20(14-17-10-7-6-8-11-17)18(21)15-19(3)12-9-13-22-4/h6-8,10-11,16H,5,9,12-15H2,1-4H3. The minimum atomic E-state index is 0.193. The van der Waals surface area contributed by atoms with Crippen molar-refractivity contribution in [3.63, 3.8) is 0 Å². The van der Waals surface area contributed by atoms with Gasteiger partial charge in [-0.3, -0.25) is 9.69 Å². The van der Waals surface area contributed by atoms with Gasteiger partial charge in [0.2, 0.25) is 5.91 Å². The summed E-state index contributed by atoms with van der Waals surface area (Å²) >= 11 is 0. The Balaban J connectivity index is 2.61. The monoisotopic (exact) mass is 306 g/mol. The predicted molar refractivity (Wildman–Crippen MR) is 90.7 cm³/mol. The number of amides is 1. The van der Waals surface area contributed by atoms with E-state index < -0.39 is 0 Å². The Morgan fingerprint density at radius 1 is 1.27 bits per heavy atom. The maximum Gasteiger partial charge on any atom is 0.237 e. The topological polar surface area (TPSA) is 32.8 Å². The summed E-state index contributed by atoms with van der Waals surface area (Å²) in [6.45, 7) is 6.99. The highest BCUT2D eigenvalue weighted by molar-refractivity contribution is 5.78. The lowest BCUT2D eigenvalue weighted by atomic mass is 10.1. The Morgan fingerprint density at radius 2 is 1.95 bits per heavy atom. The highest BCUT2D eigenvalue weighted by Crippen LogP contribution is 2.11. The number of nitrogens with zero attached hydrogens (tertiary/aromatic N) is 2. The molecule has 1 rings (SSSR count). The second-order valence-electron chi connectivity index (χ2n) is 5.85. The average molecular weight is 306 g/mol. The minimum absolute atomic E-state index is 0.193. The summed E-state index contributed by atoms with van der Waals surface area (Å²) in [5, 5.41) is 0. The number of hydrogen-bond donors (Lipinski definition) is 0. The summed E-state index contributed by atoms with van der Waals surface area (Å²) in [5.74, 6) is 0.193. The van der Waals surface area contributed by atoms with E-state index in [9.17, 15) is 4.79 Å². The highest BCUT2D eigenvalue weighted by Gasteiger charge is 2.20. The molecule has 0 radical (unpaired) electrons. The van der Waals surface area contributed by atoms with Crippen molar-refractivity contribution in [3.8, 4) is 0 Å². The van der Waals surface area contributed by atoms with E-state index in [4.69, 9.17) is 4.74 Å². The minimum Gasteiger partial charge on any atom is -0.385 e. The van der Waals surface area contributed by atoms with Crippen molar-refractivity contribution in [2.75, 3.05) is 33.9 Å². The molecule has 1 aromatic carbocycles. The first-order valence-electron chi connectivity index (χ1n) is 8.09. The molecule has 0 saturated carbocycles. The molecule has 0 spiro atoms. The third-order valence-electron chi connectivity index (χ3n) is 3.93. The van der Waals surface area contributed by atoms with E-state index in [0.29, 0.717) is 13.1 Å². The Hall–Kier alpha value is -1.39. The second-order valence-corrected chi connectivity index (χ2v) is 5.85. The fourth-order valence-corrected chi connectivity index (χ4v) is 2.37. The lowest BCUT2D eigenvalue weighted by Gasteiger charge is -2.30. The molecule has 22 heavy (non-hydrogen) atoms. The van der Waals surface area contributed by atoms with Crippen molar-refractivity contribution in [3.05, 3.63) is 35.9 Å². The van der Waals surface area contributed by atoms with E-state index in [1.165, 1.54) is 5.56 Å². The summed E-state index contributed by atoms with van der Waals surface area (Å²) in [7, 11) is 3.69. The van der Waals surface area contributed by atoms with Crippen molar-refractivity contribution in [2.45, 2.75) is 39.3 Å². The number of likely N-dealkylation sites (N-methyl/N-ethyl adjacent to an activating group) is 1. The molecule has 1 unspecified atom stereocenters. The van der Waals surface area contributed by atoms with Crippen LogP contribution in [0.3, 0.4) is 0 Å². The fraction of sp³-hybridized carbons (Fsp3) is 0.611. The van der Waals surface area contributed by atoms with E-state index in [1.54, 1.807) is 7.11 Å². The van der Waals surface area contributed by atoms with Crippen LogP contribution in [-0.4, -0.2) is 55.6 Å². The molecule has 1 aromatic rings. The van der Waals surface area contributed by atoms with E-state index in [2.05, 4.69) is 30.9 Å². The lowest BCUT2D eigenvalue weighted by Crippen LogP contribution is -2.43. The fourth-order valence-electron chi connectivity index (χ4n) is 2.37. The van der Waals surface area contributed by atoms with Gasteiger partial charge in [-0.15, -0.1) is 0 Å². The van der Waals surface area contributed by atoms with Gasteiger partial charge >= 0.3 is 0 Å². The van der Waals surface area contributed by atoms with Crippen molar-refractivity contribution >= 4 is 5.91 Å². The smallest absolute Gasteiger partial charge is 0.237 e. The van der Waals surface area contributed by atoms with E-state index in [1.807, 2.05) is 30.1 Å². The Bertz CT molecular complexity index is 422. The molecule has 124 valence electrons. The van der Waals surface area contributed by atoms with Crippen molar-refractivity contribution in [1.82, 2.24) is 9.80 Å². The molecule has 0 aliphatic rings. The van der Waals surface area contributed by atoms with Crippen LogP contribution in [0.25, 0.3) is 0 Å². The van der Waals surface area contributed by atoms with Crippen LogP contribution in [0.4, 0.5) is 0 Å². The number of hydrogen-bond acceptors (Lipinski definition) is 3. The van der Waals surface area contributed by atoms with Gasteiger partial charge in [-0.1, -0.05) is 37.3 Å². The summed E-state index contributed by atoms with van der Waals surface area (Å²) in [4.78, 5) is 16.7. The molecule has 0 aromatic heterocycles. The molecule has 1 atom stereocenters. The molecule has 4 nitrogen and oxygen atoms in total. The first kappa shape index (κ1) is 18.7. The Kier molecular flexibility index (Phi) is 8.78. The summed E-state index contributed by atoms with van der Waals surface area (Å²) in [6, 6.07) is 10.4. The third-order valence-corrected chi connectivity index (χ3v) is 3.93. The molecular weight excluding hydrogens is 276 g/mol. The average Bonchev–Trinajstić information content (AvgIpc) is 2.53. The van der Waals surface area contributed by atoms with Crippen LogP contribution in [0.5, 0.6) is 0 Å². The summed E-state index contributed by atoms with van der Waals surface area (Å²) in [6.07, 6.45) is 1.91. The van der Waals surface area contributed by atoms with Gasteiger partial charge in [0, 0.05) is 32.8 Å². The molecular formula is C18H30N2O2. The van der Waals surface area contributed by atoms with Gasteiger partial charge in [-0.25, -0.2) is 0 Å². The van der Waals surface area contributed by atoms with E-state index >= 15 is 0 Å². The molecule has 4 heteroatoms. The first-order valence-corrected chi connectivity index (χ1v) is 8.09.